The van der Waals surface area contributed by atoms with Crippen LogP contribution in [0.25, 0.3) is 10.9 Å². The van der Waals surface area contributed by atoms with Gasteiger partial charge in [0.15, 0.2) is 11.4 Å². The number of aromatic amines is 1. The van der Waals surface area contributed by atoms with Gasteiger partial charge < -0.3 is 15.0 Å². The maximum atomic E-state index is 13.3. The number of aryl methyl sites for hydroxylation is 1. The van der Waals surface area contributed by atoms with Crippen LogP contribution in [0.4, 0.5) is 0 Å². The van der Waals surface area contributed by atoms with E-state index in [1.54, 1.807) is 12.0 Å². The summed E-state index contributed by atoms with van der Waals surface area (Å²) in [6.07, 6.45) is 1.63. The number of hydrogen-bond donors (Lipinski definition) is 2. The minimum Gasteiger partial charge on any atom is -0.383 e. The van der Waals surface area contributed by atoms with Crippen LogP contribution in [0.15, 0.2) is 24.3 Å². The molecule has 9 nitrogen and oxygen atoms in total. The Balaban J connectivity index is 1.61. The molecule has 0 aliphatic carbocycles. The lowest BCUT2D eigenvalue weighted by atomic mass is 10.0. The van der Waals surface area contributed by atoms with Gasteiger partial charge in [0.05, 0.1) is 18.7 Å². The van der Waals surface area contributed by atoms with Gasteiger partial charge in [-0.05, 0) is 18.4 Å². The monoisotopic (exact) mass is 438 g/mol. The van der Waals surface area contributed by atoms with Crippen molar-refractivity contribution in [1.29, 1.82) is 0 Å². The van der Waals surface area contributed by atoms with E-state index < -0.39 is 0 Å². The highest BCUT2D eigenvalue weighted by atomic mass is 16.5. The quantitative estimate of drug-likeness (QED) is 0.526. The molecule has 170 valence electrons. The summed E-state index contributed by atoms with van der Waals surface area (Å²) in [6, 6.07) is 7.58. The number of carbonyl (C=O) groups excluding carboxylic acids is 2. The van der Waals surface area contributed by atoms with Crippen molar-refractivity contribution in [2.45, 2.75) is 39.8 Å². The number of aromatic nitrogens is 4. The van der Waals surface area contributed by atoms with Crippen LogP contribution in [-0.4, -0.2) is 63.5 Å². The molecule has 0 radical (unpaired) electrons. The Kier molecular flexibility index (Phi) is 6.55. The maximum Gasteiger partial charge on any atom is 0.275 e. The molecule has 3 heterocycles. The van der Waals surface area contributed by atoms with Crippen LogP contribution in [0.1, 0.15) is 52.5 Å². The van der Waals surface area contributed by atoms with Crippen LogP contribution in [0.3, 0.4) is 0 Å². The Labute approximate surface area is 187 Å². The first-order chi connectivity index (χ1) is 15.5. The van der Waals surface area contributed by atoms with Crippen molar-refractivity contribution in [3.63, 3.8) is 0 Å². The predicted octanol–water partition coefficient (Wildman–Crippen LogP) is 2.38. The number of ether oxygens (including phenoxy) is 1. The number of methoxy groups -OCH3 is 1. The van der Waals surface area contributed by atoms with E-state index in [1.165, 1.54) is 0 Å². The van der Waals surface area contributed by atoms with Crippen molar-refractivity contribution in [3.05, 3.63) is 46.9 Å². The van der Waals surface area contributed by atoms with Gasteiger partial charge in [-0.25, -0.2) is 0 Å². The number of rotatable bonds is 8. The molecule has 0 saturated carbocycles. The van der Waals surface area contributed by atoms with Crippen molar-refractivity contribution in [1.82, 2.24) is 30.2 Å². The zero-order chi connectivity index (χ0) is 22.7. The fourth-order valence-electron chi connectivity index (χ4n) is 4.04. The van der Waals surface area contributed by atoms with Gasteiger partial charge in [-0.3, -0.25) is 19.4 Å². The van der Waals surface area contributed by atoms with Gasteiger partial charge in [-0.1, -0.05) is 32.0 Å². The van der Waals surface area contributed by atoms with Crippen molar-refractivity contribution < 1.29 is 14.3 Å². The van der Waals surface area contributed by atoms with E-state index >= 15 is 0 Å². The summed E-state index contributed by atoms with van der Waals surface area (Å²) in [5.41, 5.74) is 3.49. The lowest BCUT2D eigenvalue weighted by Crippen LogP contribution is -2.37. The molecule has 2 N–H and O–H groups in total. The molecule has 0 saturated heterocycles. The molecule has 0 bridgehead atoms. The van der Waals surface area contributed by atoms with Gasteiger partial charge in [0.25, 0.3) is 11.8 Å². The summed E-state index contributed by atoms with van der Waals surface area (Å²) in [7, 11) is 1.59. The first-order valence-corrected chi connectivity index (χ1v) is 11.1. The summed E-state index contributed by atoms with van der Waals surface area (Å²) >= 11 is 0. The fourth-order valence-corrected chi connectivity index (χ4v) is 4.04. The Hall–Kier alpha value is -3.20. The van der Waals surface area contributed by atoms with Gasteiger partial charge in [0.1, 0.15) is 0 Å². The van der Waals surface area contributed by atoms with Crippen LogP contribution in [0.2, 0.25) is 0 Å². The van der Waals surface area contributed by atoms with E-state index in [4.69, 9.17) is 4.74 Å². The molecular weight excluding hydrogens is 408 g/mol. The third-order valence-corrected chi connectivity index (χ3v) is 5.82. The second kappa shape index (κ2) is 9.52. The fraction of sp³-hybridized carbons (Fsp3) is 0.478. The highest BCUT2D eigenvalue weighted by molar-refractivity contribution is 6.04. The van der Waals surface area contributed by atoms with Crippen molar-refractivity contribution >= 4 is 22.7 Å². The molecular formula is C23H30N6O3. The van der Waals surface area contributed by atoms with Crippen LogP contribution in [0, 0.1) is 5.92 Å². The molecule has 2 aromatic heterocycles. The molecule has 0 unspecified atom stereocenters. The smallest absolute Gasteiger partial charge is 0.275 e. The minimum atomic E-state index is -0.235. The maximum absolute atomic E-state index is 13.3. The minimum absolute atomic E-state index is 0.145. The Morgan fingerprint density at radius 2 is 2.06 bits per heavy atom. The number of H-pyrrole nitrogens is 1. The number of carbonyl (C=O) groups is 2. The Morgan fingerprint density at radius 3 is 2.84 bits per heavy atom. The number of amides is 2. The summed E-state index contributed by atoms with van der Waals surface area (Å²) < 4.78 is 6.98. The van der Waals surface area contributed by atoms with E-state index in [-0.39, 0.29) is 11.8 Å². The molecule has 1 aromatic carbocycles. The highest BCUT2D eigenvalue weighted by Gasteiger charge is 2.31. The molecule has 2 amide bonds. The Morgan fingerprint density at radius 1 is 1.25 bits per heavy atom. The van der Waals surface area contributed by atoms with Crippen molar-refractivity contribution in [2.75, 3.05) is 26.8 Å². The standard InChI is InChI=1S/C23H30N6O3/c1-15(2)8-12-29-19-9-11-28(14-17(19)20(27-29)22(30)24-10-13-32-3)23(31)21-16-6-4-5-7-18(16)25-26-21/h4-7,15H,8-14H2,1-3H3,(H,24,30)(H,25,26). The lowest BCUT2D eigenvalue weighted by molar-refractivity contribution is 0.0726. The molecule has 4 rings (SSSR count). The summed E-state index contributed by atoms with van der Waals surface area (Å²) in [4.78, 5) is 27.9. The zero-order valence-corrected chi connectivity index (χ0v) is 18.9. The summed E-state index contributed by atoms with van der Waals surface area (Å²) in [5, 5.41) is 15.5. The first kappa shape index (κ1) is 22.0. The van der Waals surface area contributed by atoms with E-state index in [9.17, 15) is 9.59 Å². The predicted molar refractivity (Wildman–Crippen MR) is 120 cm³/mol. The topological polar surface area (TPSA) is 105 Å². The average molecular weight is 439 g/mol. The second-order valence-corrected chi connectivity index (χ2v) is 8.52. The normalized spacial score (nSPS) is 13.6. The highest BCUT2D eigenvalue weighted by Crippen LogP contribution is 2.26. The molecule has 32 heavy (non-hydrogen) atoms. The van der Waals surface area contributed by atoms with Gasteiger partial charge >= 0.3 is 0 Å². The molecule has 1 aliphatic heterocycles. The number of benzene rings is 1. The molecule has 1 aliphatic rings. The Bertz CT molecular complexity index is 1120. The number of para-hydroxylation sites is 1. The molecule has 0 fully saturated rings. The molecule has 0 atom stereocenters. The zero-order valence-electron chi connectivity index (χ0n) is 18.9. The van der Waals surface area contributed by atoms with Crippen LogP contribution in [0.5, 0.6) is 0 Å². The molecule has 3 aromatic rings. The van der Waals surface area contributed by atoms with Crippen LogP contribution >= 0.6 is 0 Å². The number of fused-ring (bicyclic) bond motifs is 2. The van der Waals surface area contributed by atoms with E-state index in [2.05, 4.69) is 34.5 Å². The van der Waals surface area contributed by atoms with Crippen molar-refractivity contribution in [2.24, 2.45) is 5.92 Å². The third kappa shape index (κ3) is 4.38. The largest absolute Gasteiger partial charge is 0.383 e. The molecule has 0 spiro atoms. The third-order valence-electron chi connectivity index (χ3n) is 5.82. The number of nitrogens with one attached hydrogen (secondary N) is 2. The summed E-state index contributed by atoms with van der Waals surface area (Å²) in [5.74, 6) is 0.151. The average Bonchev–Trinajstić information content (AvgIpc) is 3.38. The van der Waals surface area contributed by atoms with Gasteiger partial charge in [0.2, 0.25) is 0 Å². The van der Waals surface area contributed by atoms with E-state index in [0.717, 1.165) is 35.1 Å². The number of hydrogen-bond acceptors (Lipinski definition) is 5. The van der Waals surface area contributed by atoms with Gasteiger partial charge in [0, 0.05) is 49.8 Å². The summed E-state index contributed by atoms with van der Waals surface area (Å²) in [6.45, 7) is 6.83. The van der Waals surface area contributed by atoms with Gasteiger partial charge in [-0.15, -0.1) is 0 Å². The van der Waals surface area contributed by atoms with Crippen LogP contribution in [-0.2, 0) is 24.2 Å². The second-order valence-electron chi connectivity index (χ2n) is 8.52. The van der Waals surface area contributed by atoms with E-state index in [1.807, 2.05) is 28.9 Å². The van der Waals surface area contributed by atoms with E-state index in [0.29, 0.717) is 50.0 Å². The van der Waals surface area contributed by atoms with Gasteiger partial charge in [-0.2, -0.15) is 10.2 Å². The lowest BCUT2D eigenvalue weighted by Gasteiger charge is -2.27. The van der Waals surface area contributed by atoms with Crippen LogP contribution < -0.4 is 5.32 Å². The number of nitrogens with zero attached hydrogens (tertiary/aromatic N) is 4. The van der Waals surface area contributed by atoms with Crippen molar-refractivity contribution in [3.8, 4) is 0 Å². The first-order valence-electron chi connectivity index (χ1n) is 11.1. The molecule has 9 heteroatoms. The SMILES string of the molecule is COCCNC(=O)c1nn(CCC(C)C)c2c1CN(C(=O)c1n[nH]c3ccccc13)CC2.